The molecule has 1 N–H and O–H groups in total. The van der Waals surface area contributed by atoms with E-state index in [4.69, 9.17) is 4.42 Å². The van der Waals surface area contributed by atoms with Crippen LogP contribution in [0.3, 0.4) is 0 Å². The number of aromatic nitrogens is 1. The number of oxazole rings is 1. The summed E-state index contributed by atoms with van der Waals surface area (Å²) in [7, 11) is 1.89. The third-order valence-corrected chi connectivity index (χ3v) is 2.17. The van der Waals surface area contributed by atoms with Crippen molar-refractivity contribution in [1.29, 1.82) is 0 Å². The van der Waals surface area contributed by atoms with Crippen LogP contribution in [0.2, 0.25) is 0 Å². The smallest absolute Gasteiger partial charge is 0.226 e. The molecule has 0 aliphatic carbocycles. The van der Waals surface area contributed by atoms with E-state index in [2.05, 4.69) is 29.4 Å². The molecule has 0 spiro atoms. The van der Waals surface area contributed by atoms with Gasteiger partial charge in [-0.1, -0.05) is 17.7 Å². The van der Waals surface area contributed by atoms with Crippen LogP contribution >= 0.6 is 0 Å². The molecule has 2 rings (SSSR count). The van der Waals surface area contributed by atoms with Crippen LogP contribution in [0.4, 0.5) is 0 Å². The van der Waals surface area contributed by atoms with Gasteiger partial charge in [-0.2, -0.15) is 0 Å². The number of benzene rings is 1. The van der Waals surface area contributed by atoms with Crippen molar-refractivity contribution < 1.29 is 4.42 Å². The second-order valence-corrected chi connectivity index (χ2v) is 3.54. The van der Waals surface area contributed by atoms with E-state index in [1.54, 1.807) is 6.26 Å². The quantitative estimate of drug-likeness (QED) is 0.830. The van der Waals surface area contributed by atoms with Crippen LogP contribution in [-0.2, 0) is 6.54 Å². The third kappa shape index (κ3) is 2.25. The minimum Gasteiger partial charge on any atom is -0.444 e. The van der Waals surface area contributed by atoms with Gasteiger partial charge in [0.1, 0.15) is 6.26 Å². The Bertz CT molecular complexity index is 448. The number of hydrogen-bond acceptors (Lipinski definition) is 3. The molecule has 1 aromatic carbocycles. The molecule has 1 aromatic heterocycles. The lowest BCUT2D eigenvalue weighted by Gasteiger charge is -1.96. The second-order valence-electron chi connectivity index (χ2n) is 3.54. The van der Waals surface area contributed by atoms with Crippen molar-refractivity contribution >= 4 is 0 Å². The molecule has 0 unspecified atom stereocenters. The molecule has 0 saturated carbocycles. The highest BCUT2D eigenvalue weighted by atomic mass is 16.3. The molecular formula is C12H14N2O. The first kappa shape index (κ1) is 9.93. The molecule has 0 bridgehead atoms. The normalized spacial score (nSPS) is 10.5. The van der Waals surface area contributed by atoms with E-state index < -0.39 is 0 Å². The summed E-state index contributed by atoms with van der Waals surface area (Å²) >= 11 is 0. The van der Waals surface area contributed by atoms with E-state index in [1.165, 1.54) is 5.56 Å². The van der Waals surface area contributed by atoms with Gasteiger partial charge >= 0.3 is 0 Å². The van der Waals surface area contributed by atoms with E-state index in [0.717, 1.165) is 17.8 Å². The predicted octanol–water partition coefficient (Wildman–Crippen LogP) is 2.37. The standard InChI is InChI=1S/C12H14N2O/c1-9-4-3-5-10(6-9)12-14-11(7-13-2)8-15-12/h3-6,8,13H,7H2,1-2H3. The molecular weight excluding hydrogens is 188 g/mol. The Morgan fingerprint density at radius 3 is 3.00 bits per heavy atom. The molecule has 78 valence electrons. The summed E-state index contributed by atoms with van der Waals surface area (Å²) in [4.78, 5) is 4.38. The van der Waals surface area contributed by atoms with Gasteiger partial charge in [0.2, 0.25) is 5.89 Å². The van der Waals surface area contributed by atoms with E-state index in [9.17, 15) is 0 Å². The molecule has 0 atom stereocenters. The summed E-state index contributed by atoms with van der Waals surface area (Å²) in [5.74, 6) is 0.684. The van der Waals surface area contributed by atoms with Crippen LogP contribution in [0, 0.1) is 6.92 Å². The zero-order valence-electron chi connectivity index (χ0n) is 8.95. The maximum atomic E-state index is 5.41. The van der Waals surface area contributed by atoms with Crippen molar-refractivity contribution in [2.24, 2.45) is 0 Å². The fraction of sp³-hybridized carbons (Fsp3) is 0.250. The summed E-state index contributed by atoms with van der Waals surface area (Å²) in [5, 5.41) is 3.04. The number of rotatable bonds is 3. The highest BCUT2D eigenvalue weighted by molar-refractivity contribution is 5.54. The van der Waals surface area contributed by atoms with Crippen molar-refractivity contribution in [2.45, 2.75) is 13.5 Å². The molecule has 0 aliphatic heterocycles. The molecule has 3 heteroatoms. The average Bonchev–Trinajstić information content (AvgIpc) is 2.67. The molecule has 2 aromatic rings. The zero-order valence-corrected chi connectivity index (χ0v) is 8.95. The first-order chi connectivity index (χ1) is 7.29. The zero-order chi connectivity index (χ0) is 10.7. The maximum absolute atomic E-state index is 5.41. The maximum Gasteiger partial charge on any atom is 0.226 e. The van der Waals surface area contributed by atoms with Crippen molar-refractivity contribution in [3.63, 3.8) is 0 Å². The van der Waals surface area contributed by atoms with E-state index in [-0.39, 0.29) is 0 Å². The molecule has 1 heterocycles. The number of aryl methyl sites for hydroxylation is 1. The first-order valence-electron chi connectivity index (χ1n) is 4.95. The van der Waals surface area contributed by atoms with E-state index >= 15 is 0 Å². The number of nitrogens with zero attached hydrogens (tertiary/aromatic N) is 1. The molecule has 0 saturated heterocycles. The largest absolute Gasteiger partial charge is 0.444 e. The van der Waals surface area contributed by atoms with Crippen molar-refractivity contribution in [2.75, 3.05) is 7.05 Å². The fourth-order valence-electron chi connectivity index (χ4n) is 1.48. The Hall–Kier alpha value is -1.61. The van der Waals surface area contributed by atoms with Gasteiger partial charge < -0.3 is 9.73 Å². The Morgan fingerprint density at radius 1 is 1.40 bits per heavy atom. The summed E-state index contributed by atoms with van der Waals surface area (Å²) in [6.45, 7) is 2.79. The van der Waals surface area contributed by atoms with Crippen molar-refractivity contribution in [1.82, 2.24) is 10.3 Å². The molecule has 0 aliphatic rings. The molecule has 0 fully saturated rings. The van der Waals surface area contributed by atoms with Gasteiger partial charge in [0.25, 0.3) is 0 Å². The Kier molecular flexibility index (Phi) is 2.83. The lowest BCUT2D eigenvalue weighted by atomic mass is 10.1. The van der Waals surface area contributed by atoms with Crippen molar-refractivity contribution in [3.05, 3.63) is 41.8 Å². The monoisotopic (exact) mass is 202 g/mol. The van der Waals surface area contributed by atoms with Gasteiger partial charge in [-0.3, -0.25) is 0 Å². The van der Waals surface area contributed by atoms with Crippen LogP contribution in [-0.4, -0.2) is 12.0 Å². The Labute approximate surface area is 89.1 Å². The van der Waals surface area contributed by atoms with Crippen LogP contribution < -0.4 is 5.32 Å². The lowest BCUT2D eigenvalue weighted by molar-refractivity contribution is 0.571. The van der Waals surface area contributed by atoms with Crippen LogP contribution in [0.25, 0.3) is 11.5 Å². The Morgan fingerprint density at radius 2 is 2.27 bits per heavy atom. The van der Waals surface area contributed by atoms with Gasteiger partial charge in [-0.05, 0) is 26.1 Å². The van der Waals surface area contributed by atoms with Gasteiger partial charge in [0, 0.05) is 12.1 Å². The lowest BCUT2D eigenvalue weighted by Crippen LogP contribution is -2.04. The van der Waals surface area contributed by atoms with Crippen LogP contribution in [0.15, 0.2) is 34.9 Å². The minimum atomic E-state index is 0.684. The van der Waals surface area contributed by atoms with E-state index in [1.807, 2.05) is 19.2 Å². The van der Waals surface area contributed by atoms with Gasteiger partial charge in [-0.15, -0.1) is 0 Å². The van der Waals surface area contributed by atoms with Gasteiger partial charge in [0.05, 0.1) is 5.69 Å². The predicted molar refractivity (Wildman–Crippen MR) is 59.4 cm³/mol. The third-order valence-electron chi connectivity index (χ3n) is 2.17. The molecule has 0 amide bonds. The van der Waals surface area contributed by atoms with Crippen LogP contribution in [0.5, 0.6) is 0 Å². The summed E-state index contributed by atoms with van der Waals surface area (Å²) in [6.07, 6.45) is 1.69. The molecule has 15 heavy (non-hydrogen) atoms. The summed E-state index contributed by atoms with van der Waals surface area (Å²) in [5.41, 5.74) is 3.16. The highest BCUT2D eigenvalue weighted by Gasteiger charge is 2.05. The fourth-order valence-corrected chi connectivity index (χ4v) is 1.48. The van der Waals surface area contributed by atoms with E-state index in [0.29, 0.717) is 5.89 Å². The van der Waals surface area contributed by atoms with Gasteiger partial charge in [0.15, 0.2) is 0 Å². The van der Waals surface area contributed by atoms with Crippen molar-refractivity contribution in [3.8, 4) is 11.5 Å². The SMILES string of the molecule is CNCc1coc(-c2cccc(C)c2)n1. The topological polar surface area (TPSA) is 38.1 Å². The molecule has 0 radical (unpaired) electrons. The number of hydrogen-bond donors (Lipinski definition) is 1. The van der Waals surface area contributed by atoms with Gasteiger partial charge in [-0.25, -0.2) is 4.98 Å². The second kappa shape index (κ2) is 4.28. The minimum absolute atomic E-state index is 0.684. The Balaban J connectivity index is 2.29. The first-order valence-corrected chi connectivity index (χ1v) is 4.95. The average molecular weight is 202 g/mol. The summed E-state index contributed by atoms with van der Waals surface area (Å²) < 4.78 is 5.41. The highest BCUT2D eigenvalue weighted by Crippen LogP contribution is 2.19. The summed E-state index contributed by atoms with van der Waals surface area (Å²) in [6, 6.07) is 8.13. The van der Waals surface area contributed by atoms with Crippen LogP contribution in [0.1, 0.15) is 11.3 Å². The number of nitrogens with one attached hydrogen (secondary N) is 1. The molecule has 3 nitrogen and oxygen atoms in total.